The average molecular weight is 191 g/mol. The number of hydrogen-bond donors (Lipinski definition) is 1. The normalized spacial score (nSPS) is 12.8. The summed E-state index contributed by atoms with van der Waals surface area (Å²) in [6.45, 7) is 4.07. The minimum Gasteiger partial charge on any atom is -0.395 e. The first kappa shape index (κ1) is 11.1. The van der Waals surface area contributed by atoms with E-state index in [0.717, 1.165) is 10.8 Å². The molecule has 0 saturated carbocycles. The van der Waals surface area contributed by atoms with Crippen LogP contribution in [0.3, 0.4) is 0 Å². The highest BCUT2D eigenvalue weighted by Gasteiger charge is 1.92. The Labute approximate surface area is 75.6 Å². The third kappa shape index (κ3) is 6.47. The van der Waals surface area contributed by atoms with E-state index in [4.69, 9.17) is 5.11 Å². The molecule has 4 heteroatoms. The second-order valence-corrected chi connectivity index (χ2v) is 4.08. The lowest BCUT2D eigenvalue weighted by atomic mass is 10.7. The first-order valence-corrected chi connectivity index (χ1v) is 5.72. The fraction of sp³-hybridized carbons (Fsp3) is 0.571. The van der Waals surface area contributed by atoms with Crippen LogP contribution >= 0.6 is 21.6 Å². The molecule has 0 atom stereocenters. The highest BCUT2D eigenvalue weighted by Crippen LogP contribution is 2.29. The molecule has 1 N–H and O–H groups in total. The molecule has 0 aliphatic carbocycles. The third-order valence-electron chi connectivity index (χ3n) is 0.822. The predicted octanol–water partition coefficient (Wildman–Crippen LogP) is 2.31. The topological polar surface area (TPSA) is 32.6 Å². The Morgan fingerprint density at radius 3 is 2.73 bits per heavy atom. The maximum absolute atomic E-state index is 8.49. The van der Waals surface area contributed by atoms with Gasteiger partial charge in [-0.25, -0.2) is 0 Å². The van der Waals surface area contributed by atoms with E-state index < -0.39 is 0 Å². The summed E-state index contributed by atoms with van der Waals surface area (Å²) in [5.74, 6) is 0.751. The number of aliphatic hydroxyl groups excluding tert-OH is 1. The van der Waals surface area contributed by atoms with Gasteiger partial charge in [0, 0.05) is 12.0 Å². The van der Waals surface area contributed by atoms with Crippen LogP contribution in [0, 0.1) is 0 Å². The SMILES string of the molecule is CC=N/C(=C\C)SSCCO. The van der Waals surface area contributed by atoms with Crippen molar-refractivity contribution in [2.45, 2.75) is 13.8 Å². The summed E-state index contributed by atoms with van der Waals surface area (Å²) in [5, 5.41) is 9.48. The number of nitrogens with zero attached hydrogens (tertiary/aromatic N) is 1. The van der Waals surface area contributed by atoms with Crippen molar-refractivity contribution in [3.05, 3.63) is 11.1 Å². The fourth-order valence-electron chi connectivity index (χ4n) is 0.411. The maximum Gasteiger partial charge on any atom is 0.102 e. The van der Waals surface area contributed by atoms with E-state index in [1.54, 1.807) is 27.8 Å². The summed E-state index contributed by atoms with van der Waals surface area (Å²) in [7, 11) is 3.20. The molecule has 0 radical (unpaired) electrons. The number of aliphatic hydroxyl groups is 1. The zero-order valence-electron chi connectivity index (χ0n) is 6.78. The fourth-order valence-corrected chi connectivity index (χ4v) is 2.19. The molecule has 0 amide bonds. The van der Waals surface area contributed by atoms with Gasteiger partial charge in [-0.05, 0) is 24.6 Å². The molecular weight excluding hydrogens is 178 g/mol. The Bertz CT molecular complexity index is 145. The standard InChI is InChI=1S/C7H13NOS2/c1-3-7(8-4-2)11-10-6-5-9/h3-4,9H,5-6H2,1-2H3/b7-3+,8-4?. The van der Waals surface area contributed by atoms with E-state index in [-0.39, 0.29) is 6.61 Å². The van der Waals surface area contributed by atoms with Crippen LogP contribution in [0.2, 0.25) is 0 Å². The number of rotatable bonds is 5. The molecule has 0 aromatic carbocycles. The minimum absolute atomic E-state index is 0.227. The van der Waals surface area contributed by atoms with Crippen molar-refractivity contribution in [2.75, 3.05) is 12.4 Å². The van der Waals surface area contributed by atoms with Gasteiger partial charge in [-0.15, -0.1) is 0 Å². The first-order chi connectivity index (χ1) is 5.35. The van der Waals surface area contributed by atoms with Gasteiger partial charge in [-0.2, -0.15) is 0 Å². The molecule has 0 spiro atoms. The van der Waals surface area contributed by atoms with Crippen molar-refractivity contribution >= 4 is 27.8 Å². The van der Waals surface area contributed by atoms with Gasteiger partial charge in [0.1, 0.15) is 5.03 Å². The third-order valence-corrected chi connectivity index (χ3v) is 3.17. The van der Waals surface area contributed by atoms with Gasteiger partial charge in [-0.3, -0.25) is 4.99 Å². The molecule has 0 heterocycles. The lowest BCUT2D eigenvalue weighted by Crippen LogP contribution is -1.81. The van der Waals surface area contributed by atoms with Crippen LogP contribution < -0.4 is 0 Å². The molecule has 0 aliphatic heterocycles. The number of hydrogen-bond acceptors (Lipinski definition) is 4. The van der Waals surface area contributed by atoms with Crippen LogP contribution in [0.25, 0.3) is 0 Å². The largest absolute Gasteiger partial charge is 0.395 e. The molecular formula is C7H13NOS2. The quantitative estimate of drug-likeness (QED) is 0.411. The van der Waals surface area contributed by atoms with Crippen LogP contribution in [0.5, 0.6) is 0 Å². The van der Waals surface area contributed by atoms with Crippen molar-refractivity contribution in [3.8, 4) is 0 Å². The molecule has 0 fully saturated rings. The minimum atomic E-state index is 0.227. The Kier molecular flexibility index (Phi) is 8.22. The highest BCUT2D eigenvalue weighted by atomic mass is 33.1. The van der Waals surface area contributed by atoms with Crippen LogP contribution in [-0.4, -0.2) is 23.7 Å². The van der Waals surface area contributed by atoms with Crippen molar-refractivity contribution in [1.82, 2.24) is 0 Å². The zero-order valence-corrected chi connectivity index (χ0v) is 8.41. The molecule has 0 unspecified atom stereocenters. The smallest absolute Gasteiger partial charge is 0.102 e. The average Bonchev–Trinajstić information content (AvgIpc) is 2.03. The van der Waals surface area contributed by atoms with Crippen molar-refractivity contribution < 1.29 is 5.11 Å². The Morgan fingerprint density at radius 2 is 2.27 bits per heavy atom. The zero-order chi connectivity index (χ0) is 8.53. The van der Waals surface area contributed by atoms with Gasteiger partial charge in [0.2, 0.25) is 0 Å². The van der Waals surface area contributed by atoms with Gasteiger partial charge in [0.15, 0.2) is 0 Å². The van der Waals surface area contributed by atoms with E-state index in [1.165, 1.54) is 0 Å². The highest BCUT2D eigenvalue weighted by molar-refractivity contribution is 8.78. The second kappa shape index (κ2) is 8.17. The van der Waals surface area contributed by atoms with Crippen molar-refractivity contribution in [3.63, 3.8) is 0 Å². The van der Waals surface area contributed by atoms with E-state index in [0.29, 0.717) is 0 Å². The van der Waals surface area contributed by atoms with Gasteiger partial charge in [0.25, 0.3) is 0 Å². The Hall–Kier alpha value is 0.0700. The summed E-state index contributed by atoms with van der Waals surface area (Å²) < 4.78 is 0. The lowest BCUT2D eigenvalue weighted by Gasteiger charge is -1.97. The van der Waals surface area contributed by atoms with E-state index in [2.05, 4.69) is 4.99 Å². The van der Waals surface area contributed by atoms with Gasteiger partial charge in [0.05, 0.1) is 6.61 Å². The Balaban J connectivity index is 3.54. The van der Waals surface area contributed by atoms with Gasteiger partial charge in [-0.1, -0.05) is 16.9 Å². The van der Waals surface area contributed by atoms with Crippen LogP contribution in [0.4, 0.5) is 0 Å². The second-order valence-electron chi connectivity index (χ2n) is 1.64. The molecule has 0 saturated heterocycles. The molecule has 64 valence electrons. The van der Waals surface area contributed by atoms with Crippen LogP contribution in [0.1, 0.15) is 13.8 Å². The summed E-state index contributed by atoms with van der Waals surface area (Å²) in [4.78, 5) is 4.11. The molecule has 0 aromatic rings. The molecule has 0 aromatic heterocycles. The number of allylic oxidation sites excluding steroid dienone is 1. The van der Waals surface area contributed by atoms with Gasteiger partial charge >= 0.3 is 0 Å². The summed E-state index contributed by atoms with van der Waals surface area (Å²) in [6.07, 6.45) is 3.72. The summed E-state index contributed by atoms with van der Waals surface area (Å²) in [5.41, 5.74) is 0. The van der Waals surface area contributed by atoms with E-state index >= 15 is 0 Å². The first-order valence-electron chi connectivity index (χ1n) is 3.40. The van der Waals surface area contributed by atoms with Crippen LogP contribution in [0.15, 0.2) is 16.1 Å². The molecule has 0 rings (SSSR count). The van der Waals surface area contributed by atoms with Crippen molar-refractivity contribution in [2.24, 2.45) is 4.99 Å². The lowest BCUT2D eigenvalue weighted by molar-refractivity contribution is 0.323. The van der Waals surface area contributed by atoms with Crippen molar-refractivity contribution in [1.29, 1.82) is 0 Å². The van der Waals surface area contributed by atoms with E-state index in [9.17, 15) is 0 Å². The molecule has 11 heavy (non-hydrogen) atoms. The van der Waals surface area contributed by atoms with Gasteiger partial charge < -0.3 is 5.11 Å². The number of aliphatic imine (C=N–C) groups is 1. The summed E-state index contributed by atoms with van der Waals surface area (Å²) in [6, 6.07) is 0. The monoisotopic (exact) mass is 191 g/mol. The van der Waals surface area contributed by atoms with E-state index in [1.807, 2.05) is 19.9 Å². The maximum atomic E-state index is 8.49. The summed E-state index contributed by atoms with van der Waals surface area (Å²) >= 11 is 0. The molecule has 0 bridgehead atoms. The van der Waals surface area contributed by atoms with Crippen LogP contribution in [-0.2, 0) is 0 Å². The molecule has 2 nitrogen and oxygen atoms in total. The molecule has 0 aliphatic rings. The predicted molar refractivity (Wildman–Crippen MR) is 55.1 cm³/mol. The Morgan fingerprint density at radius 1 is 1.55 bits per heavy atom.